The van der Waals surface area contributed by atoms with E-state index in [9.17, 15) is 4.79 Å². The summed E-state index contributed by atoms with van der Waals surface area (Å²) in [5.74, 6) is -0.908. The molecule has 5 heteroatoms. The molecule has 0 bridgehead atoms. The second-order valence-corrected chi connectivity index (χ2v) is 5.98. The number of hydrogen-bond donors (Lipinski definition) is 2. The van der Waals surface area contributed by atoms with E-state index in [1.807, 2.05) is 0 Å². The third-order valence-electron chi connectivity index (χ3n) is 4.30. The van der Waals surface area contributed by atoms with Crippen molar-refractivity contribution in [3.05, 3.63) is 28.8 Å². The molecule has 0 aromatic heterocycles. The summed E-state index contributed by atoms with van der Waals surface area (Å²) in [7, 11) is 0. The maximum Gasteiger partial charge on any atom is 0.335 e. The molecule has 0 saturated carbocycles. The Kier molecular flexibility index (Phi) is 3.15. The molecular weight excluding hydrogens is 264 g/mol. The van der Waals surface area contributed by atoms with Crippen molar-refractivity contribution in [3.63, 3.8) is 0 Å². The van der Waals surface area contributed by atoms with E-state index in [0.717, 1.165) is 38.3 Å². The fourth-order valence-corrected chi connectivity index (χ4v) is 3.41. The minimum Gasteiger partial charge on any atom is -0.478 e. The monoisotopic (exact) mass is 280 g/mol. The fourth-order valence-electron chi connectivity index (χ4n) is 3.17. The predicted octanol–water partition coefficient (Wildman–Crippen LogP) is 2.23. The van der Waals surface area contributed by atoms with Crippen LogP contribution < -0.4 is 10.2 Å². The maximum atomic E-state index is 11.1. The molecule has 1 unspecified atom stereocenters. The van der Waals surface area contributed by atoms with Crippen LogP contribution in [0, 0.1) is 5.41 Å². The third-order valence-corrected chi connectivity index (χ3v) is 4.62. The quantitative estimate of drug-likeness (QED) is 0.872. The molecule has 1 spiro atoms. The Labute approximate surface area is 117 Å². The predicted molar refractivity (Wildman–Crippen MR) is 75.2 cm³/mol. The van der Waals surface area contributed by atoms with Crippen molar-refractivity contribution in [2.45, 2.75) is 12.8 Å². The zero-order valence-corrected chi connectivity index (χ0v) is 11.4. The zero-order chi connectivity index (χ0) is 13.5. The Morgan fingerprint density at radius 3 is 2.95 bits per heavy atom. The van der Waals surface area contributed by atoms with E-state index in [-0.39, 0.29) is 0 Å². The van der Waals surface area contributed by atoms with Gasteiger partial charge in [0.05, 0.1) is 16.3 Å². The highest BCUT2D eigenvalue weighted by atomic mass is 35.5. The van der Waals surface area contributed by atoms with Gasteiger partial charge in [0.1, 0.15) is 0 Å². The van der Waals surface area contributed by atoms with Gasteiger partial charge in [-0.2, -0.15) is 0 Å². The molecule has 2 aliphatic rings. The molecule has 19 heavy (non-hydrogen) atoms. The molecular formula is C14H17ClN2O2. The normalized spacial score (nSPS) is 26.3. The van der Waals surface area contributed by atoms with Crippen LogP contribution >= 0.6 is 11.6 Å². The number of halogens is 1. The first-order valence-corrected chi connectivity index (χ1v) is 6.96. The second kappa shape index (κ2) is 4.69. The average Bonchev–Trinajstić information content (AvgIpc) is 3.01. The number of carbonyl (C=O) groups is 1. The minimum absolute atomic E-state index is 0.296. The summed E-state index contributed by atoms with van der Waals surface area (Å²) in [6.45, 7) is 4.05. The van der Waals surface area contributed by atoms with Gasteiger partial charge in [-0.1, -0.05) is 11.6 Å². The van der Waals surface area contributed by atoms with Crippen molar-refractivity contribution in [1.29, 1.82) is 0 Å². The Balaban J connectivity index is 1.86. The topological polar surface area (TPSA) is 52.6 Å². The highest BCUT2D eigenvalue weighted by Gasteiger charge is 2.40. The van der Waals surface area contributed by atoms with Crippen molar-refractivity contribution in [2.24, 2.45) is 5.41 Å². The summed E-state index contributed by atoms with van der Waals surface area (Å²) in [4.78, 5) is 13.3. The number of carboxylic acid groups (broad SMARTS) is 1. The molecule has 0 radical (unpaired) electrons. The Morgan fingerprint density at radius 2 is 2.26 bits per heavy atom. The number of benzene rings is 1. The lowest BCUT2D eigenvalue weighted by atomic mass is 9.86. The number of rotatable bonds is 2. The molecule has 2 aliphatic heterocycles. The summed E-state index contributed by atoms with van der Waals surface area (Å²) >= 11 is 6.23. The number of aromatic carboxylic acids is 1. The summed E-state index contributed by atoms with van der Waals surface area (Å²) in [5, 5.41) is 13.1. The lowest BCUT2D eigenvalue weighted by molar-refractivity contribution is 0.0697. The van der Waals surface area contributed by atoms with E-state index in [1.54, 1.807) is 18.2 Å². The number of carboxylic acids is 1. The van der Waals surface area contributed by atoms with Crippen LogP contribution in [0.4, 0.5) is 5.69 Å². The van der Waals surface area contributed by atoms with Crippen molar-refractivity contribution in [3.8, 4) is 0 Å². The van der Waals surface area contributed by atoms with Gasteiger partial charge in [0, 0.05) is 25.0 Å². The Hall–Kier alpha value is -1.26. The van der Waals surface area contributed by atoms with Gasteiger partial charge in [0.15, 0.2) is 0 Å². The van der Waals surface area contributed by atoms with Gasteiger partial charge >= 0.3 is 5.97 Å². The summed E-state index contributed by atoms with van der Waals surface area (Å²) < 4.78 is 0. The van der Waals surface area contributed by atoms with E-state index < -0.39 is 5.97 Å². The molecule has 1 aromatic carbocycles. The summed E-state index contributed by atoms with van der Waals surface area (Å²) in [6.07, 6.45) is 2.34. The van der Waals surface area contributed by atoms with Crippen LogP contribution in [0.1, 0.15) is 23.2 Å². The van der Waals surface area contributed by atoms with Gasteiger partial charge in [-0.05, 0) is 37.6 Å². The van der Waals surface area contributed by atoms with Crippen LogP contribution in [-0.4, -0.2) is 37.3 Å². The summed E-state index contributed by atoms with van der Waals surface area (Å²) in [5.41, 5.74) is 1.50. The number of anilines is 1. The highest BCUT2D eigenvalue weighted by molar-refractivity contribution is 6.33. The van der Waals surface area contributed by atoms with E-state index in [4.69, 9.17) is 16.7 Å². The highest BCUT2D eigenvalue weighted by Crippen LogP contribution is 2.40. The minimum atomic E-state index is -0.908. The van der Waals surface area contributed by atoms with Crippen LogP contribution in [0.3, 0.4) is 0 Å². The van der Waals surface area contributed by atoms with E-state index in [0.29, 0.717) is 16.0 Å². The van der Waals surface area contributed by atoms with Crippen LogP contribution in [0.2, 0.25) is 5.02 Å². The molecule has 4 nitrogen and oxygen atoms in total. The van der Waals surface area contributed by atoms with E-state index >= 15 is 0 Å². The molecule has 2 heterocycles. The second-order valence-electron chi connectivity index (χ2n) is 5.57. The smallest absolute Gasteiger partial charge is 0.335 e. The van der Waals surface area contributed by atoms with Crippen molar-refractivity contribution < 1.29 is 9.90 Å². The molecule has 0 amide bonds. The maximum absolute atomic E-state index is 11.1. The van der Waals surface area contributed by atoms with Gasteiger partial charge in [-0.15, -0.1) is 0 Å². The van der Waals surface area contributed by atoms with Crippen molar-refractivity contribution >= 4 is 23.3 Å². The molecule has 2 N–H and O–H groups in total. The number of nitrogens with one attached hydrogen (secondary N) is 1. The lowest BCUT2D eigenvalue weighted by Crippen LogP contribution is -2.29. The van der Waals surface area contributed by atoms with Gasteiger partial charge in [-0.25, -0.2) is 4.79 Å². The number of hydrogen-bond acceptors (Lipinski definition) is 3. The largest absolute Gasteiger partial charge is 0.478 e. The molecule has 102 valence electrons. The molecule has 1 aromatic rings. The lowest BCUT2D eigenvalue weighted by Gasteiger charge is -2.25. The van der Waals surface area contributed by atoms with Crippen LogP contribution in [0.25, 0.3) is 0 Å². The molecule has 1 atom stereocenters. The number of nitrogens with zero attached hydrogens (tertiary/aromatic N) is 1. The first-order valence-electron chi connectivity index (χ1n) is 6.58. The Bertz CT molecular complexity index is 512. The van der Waals surface area contributed by atoms with E-state index in [1.165, 1.54) is 6.42 Å². The van der Waals surface area contributed by atoms with Gasteiger partial charge < -0.3 is 15.3 Å². The van der Waals surface area contributed by atoms with Gasteiger partial charge in [0.2, 0.25) is 0 Å². The summed E-state index contributed by atoms with van der Waals surface area (Å²) in [6, 6.07) is 4.92. The fraction of sp³-hybridized carbons (Fsp3) is 0.500. The van der Waals surface area contributed by atoms with Crippen LogP contribution in [-0.2, 0) is 0 Å². The van der Waals surface area contributed by atoms with Crippen LogP contribution in [0.5, 0.6) is 0 Å². The van der Waals surface area contributed by atoms with Gasteiger partial charge in [0.25, 0.3) is 0 Å². The SMILES string of the molecule is O=C(O)c1ccc(Cl)c(N2CCC3(CCNC3)C2)c1. The molecule has 3 rings (SSSR count). The average molecular weight is 281 g/mol. The molecule has 2 saturated heterocycles. The Morgan fingerprint density at radius 1 is 1.42 bits per heavy atom. The van der Waals surface area contributed by atoms with Crippen LogP contribution in [0.15, 0.2) is 18.2 Å². The first kappa shape index (κ1) is 12.8. The van der Waals surface area contributed by atoms with Crippen molar-refractivity contribution in [1.82, 2.24) is 5.32 Å². The zero-order valence-electron chi connectivity index (χ0n) is 10.7. The van der Waals surface area contributed by atoms with Crippen molar-refractivity contribution in [2.75, 3.05) is 31.1 Å². The third kappa shape index (κ3) is 2.30. The standard InChI is InChI=1S/C14H17ClN2O2/c15-11-2-1-10(13(18)19)7-12(11)17-6-4-14(9-17)3-5-16-8-14/h1-2,7,16H,3-6,8-9H2,(H,18,19). The first-order chi connectivity index (χ1) is 9.10. The molecule has 0 aliphatic carbocycles. The van der Waals surface area contributed by atoms with Gasteiger partial charge in [-0.3, -0.25) is 0 Å². The molecule has 2 fully saturated rings. The van der Waals surface area contributed by atoms with E-state index in [2.05, 4.69) is 10.2 Å².